The zero-order valence-corrected chi connectivity index (χ0v) is 13.9. The summed E-state index contributed by atoms with van der Waals surface area (Å²) >= 11 is 0. The van der Waals surface area contributed by atoms with Crippen LogP contribution in [0.5, 0.6) is 5.88 Å². The number of anilines is 1. The van der Waals surface area contributed by atoms with Crippen molar-refractivity contribution in [2.24, 2.45) is 5.92 Å². The van der Waals surface area contributed by atoms with Crippen molar-refractivity contribution in [2.45, 2.75) is 13.3 Å². The van der Waals surface area contributed by atoms with Crippen LogP contribution in [0.1, 0.15) is 23.7 Å². The predicted octanol–water partition coefficient (Wildman–Crippen LogP) is 2.74. The highest BCUT2D eigenvalue weighted by Crippen LogP contribution is 2.23. The molecule has 0 bridgehead atoms. The summed E-state index contributed by atoms with van der Waals surface area (Å²) in [6.07, 6.45) is 2.65. The van der Waals surface area contributed by atoms with Gasteiger partial charge in [0.05, 0.1) is 12.2 Å². The van der Waals surface area contributed by atoms with Crippen LogP contribution in [-0.4, -0.2) is 37.1 Å². The van der Waals surface area contributed by atoms with Crippen LogP contribution in [0.25, 0.3) is 0 Å². The maximum atomic E-state index is 12.2. The van der Waals surface area contributed by atoms with E-state index >= 15 is 0 Å². The summed E-state index contributed by atoms with van der Waals surface area (Å²) < 4.78 is 5.29. The number of nitrogens with zero attached hydrogens (tertiary/aromatic N) is 2. The van der Waals surface area contributed by atoms with Crippen LogP contribution in [0.15, 0.2) is 48.7 Å². The first kappa shape index (κ1) is 16.3. The standard InChI is InChI=1S/C19H23N3O2/c1-2-24-18-9-8-16(13-20-18)19(23)21-12-15-10-11-22(14-15)17-6-4-3-5-7-17/h3-9,13,15H,2,10-12,14H2,1H3,(H,21,23). The molecule has 2 aromatic rings. The van der Waals surface area contributed by atoms with Crippen LogP contribution in [0.3, 0.4) is 0 Å². The zero-order chi connectivity index (χ0) is 16.8. The molecule has 1 N–H and O–H groups in total. The number of ether oxygens (including phenoxy) is 1. The Morgan fingerprint density at radius 1 is 1.29 bits per heavy atom. The van der Waals surface area contributed by atoms with Crippen molar-refractivity contribution < 1.29 is 9.53 Å². The summed E-state index contributed by atoms with van der Waals surface area (Å²) in [5.41, 5.74) is 1.82. The minimum atomic E-state index is -0.0799. The Labute approximate surface area is 142 Å². The van der Waals surface area contributed by atoms with Crippen LogP contribution in [0, 0.1) is 5.92 Å². The number of rotatable bonds is 6. The molecular weight excluding hydrogens is 302 g/mol. The fourth-order valence-corrected chi connectivity index (χ4v) is 2.96. The minimum Gasteiger partial charge on any atom is -0.478 e. The molecular formula is C19H23N3O2. The summed E-state index contributed by atoms with van der Waals surface area (Å²) in [6.45, 7) is 5.18. The Morgan fingerprint density at radius 3 is 2.83 bits per heavy atom. The molecule has 1 aliphatic rings. The first-order chi connectivity index (χ1) is 11.8. The van der Waals surface area contributed by atoms with Crippen LogP contribution < -0.4 is 15.0 Å². The van der Waals surface area contributed by atoms with Crippen molar-refractivity contribution in [3.05, 3.63) is 54.2 Å². The number of hydrogen-bond donors (Lipinski definition) is 1. The second-order valence-corrected chi connectivity index (χ2v) is 5.96. The first-order valence-corrected chi connectivity index (χ1v) is 8.43. The van der Waals surface area contributed by atoms with Gasteiger partial charge in [-0.05, 0) is 37.5 Å². The number of benzene rings is 1. The summed E-state index contributed by atoms with van der Waals surface area (Å²) in [5, 5.41) is 3.02. The molecule has 0 radical (unpaired) electrons. The first-order valence-electron chi connectivity index (χ1n) is 8.43. The molecule has 1 fully saturated rings. The molecule has 5 nitrogen and oxygen atoms in total. The lowest BCUT2D eigenvalue weighted by molar-refractivity contribution is 0.0948. The molecule has 1 aromatic carbocycles. The normalized spacial score (nSPS) is 16.9. The summed E-state index contributed by atoms with van der Waals surface area (Å²) in [6, 6.07) is 13.9. The second-order valence-electron chi connectivity index (χ2n) is 5.96. The van der Waals surface area contributed by atoms with Crippen molar-refractivity contribution in [1.29, 1.82) is 0 Å². The second kappa shape index (κ2) is 7.81. The third kappa shape index (κ3) is 4.04. The topological polar surface area (TPSA) is 54.5 Å². The minimum absolute atomic E-state index is 0.0799. The summed E-state index contributed by atoms with van der Waals surface area (Å²) in [4.78, 5) is 18.7. The maximum absolute atomic E-state index is 12.2. The smallest absolute Gasteiger partial charge is 0.252 e. The number of aromatic nitrogens is 1. The number of pyridine rings is 1. The number of amides is 1. The van der Waals surface area contributed by atoms with E-state index in [0.717, 1.165) is 19.5 Å². The number of carbonyl (C=O) groups is 1. The lowest BCUT2D eigenvalue weighted by Gasteiger charge is -2.18. The molecule has 5 heteroatoms. The third-order valence-electron chi connectivity index (χ3n) is 4.25. The highest BCUT2D eigenvalue weighted by Gasteiger charge is 2.23. The van der Waals surface area contributed by atoms with Crippen molar-refractivity contribution in [2.75, 3.05) is 31.1 Å². The Kier molecular flexibility index (Phi) is 5.31. The van der Waals surface area contributed by atoms with Crippen molar-refractivity contribution >= 4 is 11.6 Å². The molecule has 126 valence electrons. The Hall–Kier alpha value is -2.56. The number of carbonyl (C=O) groups excluding carboxylic acids is 1. The van der Waals surface area contributed by atoms with Gasteiger partial charge in [-0.15, -0.1) is 0 Å². The van der Waals surface area contributed by atoms with Crippen molar-refractivity contribution in [1.82, 2.24) is 10.3 Å². The molecule has 2 heterocycles. The molecule has 1 unspecified atom stereocenters. The van der Waals surface area contributed by atoms with Crippen LogP contribution in [0.2, 0.25) is 0 Å². The van der Waals surface area contributed by atoms with E-state index in [0.29, 0.717) is 30.5 Å². The summed E-state index contributed by atoms with van der Waals surface area (Å²) in [5.74, 6) is 0.942. The molecule has 0 aliphatic carbocycles. The highest BCUT2D eigenvalue weighted by molar-refractivity contribution is 5.93. The van der Waals surface area contributed by atoms with Gasteiger partial charge < -0.3 is 15.0 Å². The predicted molar refractivity (Wildman–Crippen MR) is 94.5 cm³/mol. The molecule has 0 saturated carbocycles. The summed E-state index contributed by atoms with van der Waals surface area (Å²) in [7, 11) is 0. The van der Waals surface area contributed by atoms with E-state index in [-0.39, 0.29) is 5.91 Å². The van der Waals surface area contributed by atoms with E-state index in [1.165, 1.54) is 5.69 Å². The fourth-order valence-electron chi connectivity index (χ4n) is 2.96. The highest BCUT2D eigenvalue weighted by atomic mass is 16.5. The molecule has 24 heavy (non-hydrogen) atoms. The third-order valence-corrected chi connectivity index (χ3v) is 4.25. The fraction of sp³-hybridized carbons (Fsp3) is 0.368. The number of nitrogens with one attached hydrogen (secondary N) is 1. The van der Waals surface area contributed by atoms with E-state index in [9.17, 15) is 4.79 Å². The number of hydrogen-bond acceptors (Lipinski definition) is 4. The van der Waals surface area contributed by atoms with Gasteiger partial charge in [0.1, 0.15) is 0 Å². The largest absolute Gasteiger partial charge is 0.478 e. The van der Waals surface area contributed by atoms with E-state index in [2.05, 4.69) is 39.5 Å². The van der Waals surface area contributed by atoms with E-state index < -0.39 is 0 Å². The van der Waals surface area contributed by atoms with Crippen LogP contribution in [-0.2, 0) is 0 Å². The van der Waals surface area contributed by atoms with Crippen molar-refractivity contribution in [3.8, 4) is 5.88 Å². The SMILES string of the molecule is CCOc1ccc(C(=O)NCC2CCN(c3ccccc3)C2)cn1. The van der Waals surface area contributed by atoms with Gasteiger partial charge >= 0.3 is 0 Å². The van der Waals surface area contributed by atoms with Crippen molar-refractivity contribution in [3.63, 3.8) is 0 Å². The number of para-hydroxylation sites is 1. The van der Waals surface area contributed by atoms with E-state index in [4.69, 9.17) is 4.74 Å². The van der Waals surface area contributed by atoms with Gasteiger partial charge in [0.25, 0.3) is 5.91 Å². The monoisotopic (exact) mass is 325 g/mol. The van der Waals surface area contributed by atoms with Gasteiger partial charge in [-0.1, -0.05) is 18.2 Å². The molecule has 1 saturated heterocycles. The van der Waals surface area contributed by atoms with Gasteiger partial charge in [-0.25, -0.2) is 4.98 Å². The van der Waals surface area contributed by atoms with Gasteiger partial charge in [0.15, 0.2) is 0 Å². The molecule has 1 atom stereocenters. The molecule has 0 spiro atoms. The van der Waals surface area contributed by atoms with Gasteiger partial charge in [-0.2, -0.15) is 0 Å². The van der Waals surface area contributed by atoms with Gasteiger partial charge in [0.2, 0.25) is 5.88 Å². The van der Waals surface area contributed by atoms with E-state index in [1.807, 2.05) is 13.0 Å². The molecule has 1 aliphatic heterocycles. The molecule has 3 rings (SSSR count). The molecule has 1 aromatic heterocycles. The lowest BCUT2D eigenvalue weighted by atomic mass is 10.1. The van der Waals surface area contributed by atoms with Crippen LogP contribution >= 0.6 is 0 Å². The van der Waals surface area contributed by atoms with Crippen LogP contribution in [0.4, 0.5) is 5.69 Å². The quantitative estimate of drug-likeness (QED) is 0.887. The van der Waals surface area contributed by atoms with E-state index in [1.54, 1.807) is 18.3 Å². The average Bonchev–Trinajstić information content (AvgIpc) is 3.10. The Bertz CT molecular complexity index is 658. The molecule has 1 amide bonds. The maximum Gasteiger partial charge on any atom is 0.252 e. The Balaban J connectivity index is 1.48. The zero-order valence-electron chi connectivity index (χ0n) is 13.9. The van der Waals surface area contributed by atoms with Gasteiger partial charge in [-0.3, -0.25) is 4.79 Å². The Morgan fingerprint density at radius 2 is 2.12 bits per heavy atom. The lowest BCUT2D eigenvalue weighted by Crippen LogP contribution is -2.31. The average molecular weight is 325 g/mol. The van der Waals surface area contributed by atoms with Gasteiger partial charge in [0, 0.05) is 37.6 Å².